The monoisotopic (exact) mass is 400 g/mol. The molecule has 0 saturated heterocycles. The standard InChI is InChI=1S/C19H16N2O6S/c1-2-15-7-12-18(27-15)19(22)20-13-3-8-16(9-4-13)28(25,26)17-10-5-14(6-11-17)21(23)24/h3-12H,2H2,1H3,(H,20,22). The van der Waals surface area contributed by atoms with Gasteiger partial charge >= 0.3 is 0 Å². The number of rotatable bonds is 6. The normalized spacial score (nSPS) is 11.2. The Hall–Kier alpha value is -3.46. The molecular weight excluding hydrogens is 384 g/mol. The van der Waals surface area contributed by atoms with Crippen molar-refractivity contribution in [3.63, 3.8) is 0 Å². The van der Waals surface area contributed by atoms with Crippen molar-refractivity contribution in [3.05, 3.63) is 82.3 Å². The van der Waals surface area contributed by atoms with Gasteiger partial charge in [0.05, 0.1) is 14.7 Å². The van der Waals surface area contributed by atoms with Gasteiger partial charge in [-0.1, -0.05) is 6.92 Å². The van der Waals surface area contributed by atoms with Crippen LogP contribution in [0.2, 0.25) is 0 Å². The maximum absolute atomic E-state index is 12.6. The van der Waals surface area contributed by atoms with Crippen LogP contribution in [0.3, 0.4) is 0 Å². The molecule has 0 aliphatic rings. The highest BCUT2D eigenvalue weighted by atomic mass is 32.2. The second-order valence-corrected chi connectivity index (χ2v) is 7.80. The zero-order valence-electron chi connectivity index (χ0n) is 14.8. The number of benzene rings is 2. The minimum Gasteiger partial charge on any atom is -0.456 e. The lowest BCUT2D eigenvalue weighted by Crippen LogP contribution is -2.11. The molecule has 1 amide bonds. The molecule has 0 spiro atoms. The highest BCUT2D eigenvalue weighted by Gasteiger charge is 2.19. The van der Waals surface area contributed by atoms with Gasteiger partial charge in [0.15, 0.2) is 5.76 Å². The lowest BCUT2D eigenvalue weighted by molar-refractivity contribution is -0.384. The third kappa shape index (κ3) is 3.94. The average Bonchev–Trinajstić information content (AvgIpc) is 3.18. The molecule has 0 fully saturated rings. The number of hydrogen-bond donors (Lipinski definition) is 1. The average molecular weight is 400 g/mol. The summed E-state index contributed by atoms with van der Waals surface area (Å²) in [5, 5.41) is 13.3. The molecule has 1 heterocycles. The van der Waals surface area contributed by atoms with Crippen LogP contribution >= 0.6 is 0 Å². The minimum atomic E-state index is -3.83. The van der Waals surface area contributed by atoms with Crippen LogP contribution in [0.4, 0.5) is 11.4 Å². The lowest BCUT2D eigenvalue weighted by atomic mass is 10.3. The van der Waals surface area contributed by atoms with Crippen LogP contribution in [0.25, 0.3) is 0 Å². The first kappa shape index (κ1) is 19.3. The number of furan rings is 1. The van der Waals surface area contributed by atoms with Crippen LogP contribution in [0.5, 0.6) is 0 Å². The molecule has 0 bridgehead atoms. The Labute approximate surface area is 160 Å². The van der Waals surface area contributed by atoms with E-state index in [9.17, 15) is 23.3 Å². The minimum absolute atomic E-state index is 0.00520. The summed E-state index contributed by atoms with van der Waals surface area (Å²) in [7, 11) is -3.83. The molecule has 3 aromatic rings. The number of amides is 1. The molecule has 3 rings (SSSR count). The Kier molecular flexibility index (Phi) is 5.27. The Morgan fingerprint density at radius 1 is 1.00 bits per heavy atom. The van der Waals surface area contributed by atoms with E-state index in [-0.39, 0.29) is 21.2 Å². The van der Waals surface area contributed by atoms with E-state index >= 15 is 0 Å². The second kappa shape index (κ2) is 7.65. The van der Waals surface area contributed by atoms with Gasteiger partial charge in [0, 0.05) is 24.2 Å². The number of aryl methyl sites for hydroxylation is 1. The Morgan fingerprint density at radius 2 is 1.57 bits per heavy atom. The van der Waals surface area contributed by atoms with Crippen molar-refractivity contribution in [2.45, 2.75) is 23.1 Å². The molecular formula is C19H16N2O6S. The maximum Gasteiger partial charge on any atom is 0.291 e. The summed E-state index contributed by atoms with van der Waals surface area (Å²) in [5.74, 6) is 0.416. The summed E-state index contributed by atoms with van der Waals surface area (Å²) in [4.78, 5) is 22.2. The van der Waals surface area contributed by atoms with Crippen LogP contribution < -0.4 is 5.32 Å². The zero-order valence-corrected chi connectivity index (χ0v) is 15.6. The molecule has 0 atom stereocenters. The van der Waals surface area contributed by atoms with E-state index in [4.69, 9.17) is 4.42 Å². The number of nitrogens with one attached hydrogen (secondary N) is 1. The van der Waals surface area contributed by atoms with Crippen molar-refractivity contribution in [1.82, 2.24) is 0 Å². The molecule has 1 N–H and O–H groups in total. The van der Waals surface area contributed by atoms with Crippen LogP contribution in [0.1, 0.15) is 23.2 Å². The van der Waals surface area contributed by atoms with E-state index in [1.54, 1.807) is 12.1 Å². The highest BCUT2D eigenvalue weighted by molar-refractivity contribution is 7.91. The van der Waals surface area contributed by atoms with E-state index in [1.807, 2.05) is 6.92 Å². The van der Waals surface area contributed by atoms with E-state index < -0.39 is 20.7 Å². The molecule has 0 aliphatic carbocycles. The Morgan fingerprint density at radius 3 is 2.07 bits per heavy atom. The summed E-state index contributed by atoms with van der Waals surface area (Å²) in [6.07, 6.45) is 0.669. The molecule has 9 heteroatoms. The number of hydrogen-bond acceptors (Lipinski definition) is 6. The van der Waals surface area contributed by atoms with Crippen LogP contribution in [-0.4, -0.2) is 19.2 Å². The molecule has 28 heavy (non-hydrogen) atoms. The van der Waals surface area contributed by atoms with Crippen molar-refractivity contribution in [2.75, 3.05) is 5.32 Å². The molecule has 2 aromatic carbocycles. The van der Waals surface area contributed by atoms with Gasteiger partial charge in [-0.15, -0.1) is 0 Å². The molecule has 0 radical (unpaired) electrons. The summed E-state index contributed by atoms with van der Waals surface area (Å²) >= 11 is 0. The van der Waals surface area contributed by atoms with Gasteiger partial charge in [0.25, 0.3) is 11.6 Å². The van der Waals surface area contributed by atoms with Crippen molar-refractivity contribution in [1.29, 1.82) is 0 Å². The molecule has 144 valence electrons. The largest absolute Gasteiger partial charge is 0.456 e. The van der Waals surface area contributed by atoms with Crippen LogP contribution in [-0.2, 0) is 16.3 Å². The first-order valence-electron chi connectivity index (χ1n) is 8.31. The maximum atomic E-state index is 12.6. The number of nitro groups is 1. The fourth-order valence-electron chi connectivity index (χ4n) is 2.48. The number of sulfone groups is 1. The predicted octanol–water partition coefficient (Wildman–Crippen LogP) is 3.84. The number of anilines is 1. The molecule has 0 saturated carbocycles. The SMILES string of the molecule is CCc1ccc(C(=O)Nc2ccc(S(=O)(=O)c3ccc([N+](=O)[O-])cc3)cc2)o1. The molecule has 1 aromatic heterocycles. The van der Waals surface area contributed by atoms with Crippen molar-refractivity contribution in [2.24, 2.45) is 0 Å². The smallest absolute Gasteiger partial charge is 0.291 e. The zero-order chi connectivity index (χ0) is 20.3. The fraction of sp³-hybridized carbons (Fsp3) is 0.105. The summed E-state index contributed by atoms with van der Waals surface area (Å²) in [6, 6.07) is 13.6. The third-order valence-electron chi connectivity index (χ3n) is 4.01. The number of carbonyl (C=O) groups is 1. The first-order valence-corrected chi connectivity index (χ1v) is 9.79. The van der Waals surface area contributed by atoms with E-state index in [2.05, 4.69) is 5.32 Å². The van der Waals surface area contributed by atoms with Gasteiger partial charge in [-0.25, -0.2) is 8.42 Å². The van der Waals surface area contributed by atoms with Gasteiger partial charge in [0.2, 0.25) is 9.84 Å². The summed E-state index contributed by atoms with van der Waals surface area (Å²) in [6.45, 7) is 1.91. The van der Waals surface area contributed by atoms with Crippen molar-refractivity contribution < 1.29 is 22.6 Å². The van der Waals surface area contributed by atoms with Crippen molar-refractivity contribution in [3.8, 4) is 0 Å². The van der Waals surface area contributed by atoms with E-state index in [0.29, 0.717) is 17.9 Å². The number of nitrogens with zero attached hydrogens (tertiary/aromatic N) is 1. The van der Waals surface area contributed by atoms with Crippen molar-refractivity contribution >= 4 is 27.1 Å². The fourth-order valence-corrected chi connectivity index (χ4v) is 3.74. The molecule has 0 aliphatic heterocycles. The lowest BCUT2D eigenvalue weighted by Gasteiger charge is -2.07. The first-order chi connectivity index (χ1) is 13.3. The van der Waals surface area contributed by atoms with Gasteiger partial charge in [0.1, 0.15) is 5.76 Å². The van der Waals surface area contributed by atoms with Crippen LogP contribution in [0.15, 0.2) is 74.9 Å². The van der Waals surface area contributed by atoms with E-state index in [0.717, 1.165) is 12.1 Å². The Balaban J connectivity index is 1.77. The Bertz CT molecular complexity index is 1120. The quantitative estimate of drug-likeness (QED) is 0.496. The third-order valence-corrected chi connectivity index (χ3v) is 5.80. The van der Waals surface area contributed by atoms with Gasteiger partial charge in [-0.05, 0) is 48.5 Å². The van der Waals surface area contributed by atoms with Gasteiger partial charge in [-0.2, -0.15) is 0 Å². The number of carbonyl (C=O) groups excluding carboxylic acids is 1. The summed E-state index contributed by atoms with van der Waals surface area (Å²) in [5.41, 5.74) is 0.211. The second-order valence-electron chi connectivity index (χ2n) is 5.85. The molecule has 8 nitrogen and oxygen atoms in total. The predicted molar refractivity (Wildman–Crippen MR) is 101 cm³/mol. The summed E-state index contributed by atoms with van der Waals surface area (Å²) < 4.78 is 30.6. The van der Waals surface area contributed by atoms with Crippen LogP contribution in [0, 0.1) is 10.1 Å². The highest BCUT2D eigenvalue weighted by Crippen LogP contribution is 2.24. The van der Waals surface area contributed by atoms with Gasteiger partial charge < -0.3 is 9.73 Å². The number of nitro benzene ring substituents is 1. The topological polar surface area (TPSA) is 120 Å². The van der Waals surface area contributed by atoms with Gasteiger partial charge in [-0.3, -0.25) is 14.9 Å². The number of non-ortho nitro benzene ring substituents is 1. The van der Waals surface area contributed by atoms with E-state index in [1.165, 1.54) is 36.4 Å². The molecule has 0 unspecified atom stereocenters.